The maximum absolute atomic E-state index is 11.8. The molecule has 0 heterocycles. The minimum atomic E-state index is -1.33. The predicted molar refractivity (Wildman–Crippen MR) is 68.1 cm³/mol. The summed E-state index contributed by atoms with van der Waals surface area (Å²) < 4.78 is 3.65. The van der Waals surface area contributed by atoms with Crippen molar-refractivity contribution in [2.24, 2.45) is 0 Å². The second kappa shape index (κ2) is 5.71. The summed E-state index contributed by atoms with van der Waals surface area (Å²) in [4.78, 5) is 11.8. The van der Waals surface area contributed by atoms with Crippen molar-refractivity contribution in [3.8, 4) is 5.75 Å². The molecule has 0 radical (unpaired) electrons. The number of hydrogen-bond acceptors (Lipinski definition) is 3. The van der Waals surface area contributed by atoms with Crippen LogP contribution in [0.2, 0.25) is 0 Å². The highest BCUT2D eigenvalue weighted by atomic mass is 35.5. The first kappa shape index (κ1) is 14.3. The molecule has 0 aromatic heterocycles. The van der Waals surface area contributed by atoms with Gasteiger partial charge in [0.25, 0.3) is 0 Å². The fraction of sp³-hybridized carbons (Fsp3) is 0.417. The number of Topliss-reactive ketones (excluding diaryl/α,β-unsaturated/α-hetero) is 1. The molecule has 1 N–H and O–H groups in total. The summed E-state index contributed by atoms with van der Waals surface area (Å²) in [6.45, 7) is 1.45. The Morgan fingerprint density at radius 3 is 2.35 bits per heavy atom. The van der Waals surface area contributed by atoms with E-state index in [9.17, 15) is 9.90 Å². The normalized spacial score (nSPS) is 13.2. The van der Waals surface area contributed by atoms with Crippen molar-refractivity contribution in [1.82, 2.24) is 0 Å². The number of aliphatic hydroxyl groups is 1. The molecule has 0 spiro atoms. The molecule has 0 aliphatic rings. The number of benzene rings is 1. The van der Waals surface area contributed by atoms with Gasteiger partial charge in [0.15, 0.2) is 5.78 Å². The zero-order valence-electron chi connectivity index (χ0n) is 9.61. The van der Waals surface area contributed by atoms with E-state index in [2.05, 4.69) is 0 Å². The SMILES string of the molecule is COc1ccc(C(=O)CC(O)C(C)(Cl)Cl)cc1. The summed E-state index contributed by atoms with van der Waals surface area (Å²) in [6.07, 6.45) is -1.21. The zero-order valence-corrected chi connectivity index (χ0v) is 11.1. The predicted octanol–water partition coefficient (Wildman–Crippen LogP) is 2.82. The first-order valence-corrected chi connectivity index (χ1v) is 5.83. The number of carbonyl (C=O) groups excluding carboxylic acids is 1. The Morgan fingerprint density at radius 1 is 1.41 bits per heavy atom. The molecule has 1 rings (SSSR count). The van der Waals surface area contributed by atoms with Crippen LogP contribution in [0.4, 0.5) is 0 Å². The maximum Gasteiger partial charge on any atom is 0.165 e. The van der Waals surface area contributed by atoms with Gasteiger partial charge in [-0.05, 0) is 31.2 Å². The first-order chi connectivity index (χ1) is 7.84. The van der Waals surface area contributed by atoms with Crippen LogP contribution in [0.3, 0.4) is 0 Å². The number of methoxy groups -OCH3 is 1. The van der Waals surface area contributed by atoms with E-state index in [-0.39, 0.29) is 12.2 Å². The van der Waals surface area contributed by atoms with E-state index in [1.54, 1.807) is 31.4 Å². The molecule has 1 atom stereocenters. The molecular formula is C12H14Cl2O3. The Kier molecular flexibility index (Phi) is 4.80. The van der Waals surface area contributed by atoms with Gasteiger partial charge >= 0.3 is 0 Å². The van der Waals surface area contributed by atoms with Crippen LogP contribution >= 0.6 is 23.2 Å². The average molecular weight is 277 g/mol. The molecule has 1 aromatic rings. The van der Waals surface area contributed by atoms with E-state index < -0.39 is 10.4 Å². The van der Waals surface area contributed by atoms with E-state index in [1.165, 1.54) is 6.92 Å². The van der Waals surface area contributed by atoms with Gasteiger partial charge in [-0.1, -0.05) is 23.2 Å². The molecule has 94 valence electrons. The molecule has 1 aromatic carbocycles. The molecule has 0 saturated heterocycles. The van der Waals surface area contributed by atoms with Crippen molar-refractivity contribution >= 4 is 29.0 Å². The zero-order chi connectivity index (χ0) is 13.1. The highest BCUT2D eigenvalue weighted by molar-refractivity contribution is 6.48. The van der Waals surface area contributed by atoms with Gasteiger partial charge in [-0.15, -0.1) is 0 Å². The van der Waals surface area contributed by atoms with Crippen LogP contribution in [-0.4, -0.2) is 28.4 Å². The van der Waals surface area contributed by atoms with Gasteiger partial charge in [0.2, 0.25) is 0 Å². The molecule has 0 bridgehead atoms. The number of rotatable bonds is 5. The fourth-order valence-electron chi connectivity index (χ4n) is 1.25. The van der Waals surface area contributed by atoms with Crippen molar-refractivity contribution in [2.75, 3.05) is 7.11 Å². The Balaban J connectivity index is 2.70. The molecule has 1 unspecified atom stereocenters. The quantitative estimate of drug-likeness (QED) is 0.665. The summed E-state index contributed by atoms with van der Waals surface area (Å²) in [6, 6.07) is 6.63. The number of carbonyl (C=O) groups is 1. The van der Waals surface area contributed by atoms with Crippen molar-refractivity contribution in [3.05, 3.63) is 29.8 Å². The third kappa shape index (κ3) is 4.19. The van der Waals surface area contributed by atoms with Gasteiger partial charge in [-0.3, -0.25) is 4.79 Å². The minimum absolute atomic E-state index is 0.115. The summed E-state index contributed by atoms with van der Waals surface area (Å²) in [5, 5.41) is 9.61. The van der Waals surface area contributed by atoms with Crippen LogP contribution in [0.25, 0.3) is 0 Å². The van der Waals surface area contributed by atoms with Crippen LogP contribution in [0.15, 0.2) is 24.3 Å². The molecule has 5 heteroatoms. The number of halogens is 2. The molecule has 0 amide bonds. The number of hydrogen-bond donors (Lipinski definition) is 1. The van der Waals surface area contributed by atoms with Crippen LogP contribution in [0, 0.1) is 0 Å². The van der Waals surface area contributed by atoms with Crippen LogP contribution < -0.4 is 4.74 Å². The largest absolute Gasteiger partial charge is 0.497 e. The fourth-order valence-corrected chi connectivity index (χ4v) is 1.40. The van der Waals surface area contributed by atoms with E-state index in [1.807, 2.05) is 0 Å². The molecule has 0 fully saturated rings. The number of ketones is 1. The third-order valence-corrected chi connectivity index (χ3v) is 2.88. The maximum atomic E-state index is 11.8. The standard InChI is InChI=1S/C12H14Cl2O3/c1-12(13,14)11(16)7-10(15)8-3-5-9(17-2)6-4-8/h3-6,11,16H,7H2,1-2H3. The molecule has 17 heavy (non-hydrogen) atoms. The number of aliphatic hydroxyl groups excluding tert-OH is 1. The third-order valence-electron chi connectivity index (χ3n) is 2.38. The van der Waals surface area contributed by atoms with Gasteiger partial charge in [0.1, 0.15) is 10.1 Å². The van der Waals surface area contributed by atoms with Crippen LogP contribution in [0.5, 0.6) is 5.75 Å². The van der Waals surface area contributed by atoms with Crippen molar-refractivity contribution in [2.45, 2.75) is 23.8 Å². The van der Waals surface area contributed by atoms with E-state index in [0.29, 0.717) is 11.3 Å². The van der Waals surface area contributed by atoms with Gasteiger partial charge in [-0.25, -0.2) is 0 Å². The first-order valence-electron chi connectivity index (χ1n) is 5.07. The van der Waals surface area contributed by atoms with Crippen molar-refractivity contribution < 1.29 is 14.6 Å². The average Bonchev–Trinajstić information content (AvgIpc) is 2.27. The van der Waals surface area contributed by atoms with Gasteiger partial charge in [-0.2, -0.15) is 0 Å². The van der Waals surface area contributed by atoms with Gasteiger partial charge < -0.3 is 9.84 Å². The highest BCUT2D eigenvalue weighted by Gasteiger charge is 2.29. The number of alkyl halides is 2. The Morgan fingerprint density at radius 2 is 1.94 bits per heavy atom. The lowest BCUT2D eigenvalue weighted by Crippen LogP contribution is -2.30. The summed E-state index contributed by atoms with van der Waals surface area (Å²) in [5.74, 6) is 0.453. The van der Waals surface area contributed by atoms with Crippen LogP contribution in [0.1, 0.15) is 23.7 Å². The second-order valence-corrected chi connectivity index (χ2v) is 5.59. The van der Waals surface area contributed by atoms with Crippen LogP contribution in [-0.2, 0) is 0 Å². The lowest BCUT2D eigenvalue weighted by atomic mass is 10.0. The highest BCUT2D eigenvalue weighted by Crippen LogP contribution is 2.27. The Hall–Kier alpha value is -0.770. The Bertz CT molecular complexity index is 382. The molecule has 0 saturated carbocycles. The molecular weight excluding hydrogens is 263 g/mol. The van der Waals surface area contributed by atoms with Gasteiger partial charge in [0, 0.05) is 12.0 Å². The lowest BCUT2D eigenvalue weighted by molar-refractivity contribution is 0.0862. The van der Waals surface area contributed by atoms with Crippen molar-refractivity contribution in [3.63, 3.8) is 0 Å². The van der Waals surface area contributed by atoms with Gasteiger partial charge in [0.05, 0.1) is 13.2 Å². The molecule has 3 nitrogen and oxygen atoms in total. The summed E-state index contributed by atoms with van der Waals surface area (Å²) in [7, 11) is 1.55. The smallest absolute Gasteiger partial charge is 0.165 e. The second-order valence-electron chi connectivity index (χ2n) is 3.83. The Labute approximate surface area is 110 Å². The van der Waals surface area contributed by atoms with E-state index in [4.69, 9.17) is 27.9 Å². The monoisotopic (exact) mass is 276 g/mol. The number of ether oxygens (including phenoxy) is 1. The van der Waals surface area contributed by atoms with Crippen molar-refractivity contribution in [1.29, 1.82) is 0 Å². The lowest BCUT2D eigenvalue weighted by Gasteiger charge is -2.20. The molecule has 0 aliphatic carbocycles. The van der Waals surface area contributed by atoms with E-state index >= 15 is 0 Å². The summed E-state index contributed by atoms with van der Waals surface area (Å²) >= 11 is 11.4. The topological polar surface area (TPSA) is 46.5 Å². The minimum Gasteiger partial charge on any atom is -0.497 e. The van der Waals surface area contributed by atoms with E-state index in [0.717, 1.165) is 0 Å². The molecule has 0 aliphatic heterocycles. The summed E-state index contributed by atoms with van der Waals surface area (Å²) in [5.41, 5.74) is 0.488.